The molecule has 160 valence electrons. The first-order valence-corrected chi connectivity index (χ1v) is 10.3. The standard InChI is InChI=1S/C24H30N2O4/c1-5-28-21-12-9-19(15-22(21)29-6-2)24(17(3)4)26-23(27)16-30-20-10-7-18(8-11-20)13-14-25/h7-12,15,17,24H,5-6,13,16H2,1-4H3,(H,26,27)/t24-/m1/s1. The van der Waals surface area contributed by atoms with E-state index in [0.717, 1.165) is 11.1 Å². The minimum atomic E-state index is -0.207. The summed E-state index contributed by atoms with van der Waals surface area (Å²) in [4.78, 5) is 12.5. The summed E-state index contributed by atoms with van der Waals surface area (Å²) in [6, 6.07) is 14.8. The van der Waals surface area contributed by atoms with Gasteiger partial charge in [-0.15, -0.1) is 0 Å². The van der Waals surface area contributed by atoms with Crippen molar-refractivity contribution in [2.45, 2.75) is 40.2 Å². The molecule has 0 saturated heterocycles. The average molecular weight is 411 g/mol. The van der Waals surface area contributed by atoms with E-state index in [1.165, 1.54) is 0 Å². The van der Waals surface area contributed by atoms with Crippen molar-refractivity contribution in [3.63, 3.8) is 0 Å². The number of hydrogen-bond donors (Lipinski definition) is 1. The maximum atomic E-state index is 12.5. The van der Waals surface area contributed by atoms with Crippen LogP contribution in [0.4, 0.5) is 0 Å². The fraction of sp³-hybridized carbons (Fsp3) is 0.417. The molecule has 0 bridgehead atoms. The summed E-state index contributed by atoms with van der Waals surface area (Å²) in [6.45, 7) is 8.96. The monoisotopic (exact) mass is 410 g/mol. The molecule has 2 aromatic carbocycles. The summed E-state index contributed by atoms with van der Waals surface area (Å²) in [5.74, 6) is 1.92. The maximum absolute atomic E-state index is 12.5. The number of carbonyl (C=O) groups is 1. The number of rotatable bonds is 11. The van der Waals surface area contributed by atoms with E-state index in [0.29, 0.717) is 36.9 Å². The van der Waals surface area contributed by atoms with E-state index >= 15 is 0 Å². The largest absolute Gasteiger partial charge is 0.490 e. The van der Waals surface area contributed by atoms with Gasteiger partial charge in [-0.2, -0.15) is 5.26 Å². The molecule has 2 rings (SSSR count). The lowest BCUT2D eigenvalue weighted by Gasteiger charge is -2.24. The third-order valence-electron chi connectivity index (χ3n) is 4.49. The Morgan fingerprint density at radius 3 is 2.27 bits per heavy atom. The molecule has 0 fully saturated rings. The van der Waals surface area contributed by atoms with Gasteiger partial charge in [0.1, 0.15) is 5.75 Å². The number of amides is 1. The highest BCUT2D eigenvalue weighted by molar-refractivity contribution is 5.78. The normalized spacial score (nSPS) is 11.5. The van der Waals surface area contributed by atoms with Crippen LogP contribution in [0.2, 0.25) is 0 Å². The highest BCUT2D eigenvalue weighted by Gasteiger charge is 2.20. The van der Waals surface area contributed by atoms with E-state index in [1.807, 2.05) is 44.2 Å². The van der Waals surface area contributed by atoms with Gasteiger partial charge < -0.3 is 19.5 Å². The number of ether oxygens (including phenoxy) is 3. The van der Waals surface area contributed by atoms with Gasteiger partial charge in [0, 0.05) is 0 Å². The lowest BCUT2D eigenvalue weighted by molar-refractivity contribution is -0.124. The zero-order valence-electron chi connectivity index (χ0n) is 18.1. The molecule has 30 heavy (non-hydrogen) atoms. The molecule has 1 amide bonds. The van der Waals surface area contributed by atoms with Crippen molar-refractivity contribution in [1.82, 2.24) is 5.32 Å². The number of hydrogen-bond acceptors (Lipinski definition) is 5. The van der Waals surface area contributed by atoms with Gasteiger partial charge in [0.25, 0.3) is 5.91 Å². The molecule has 0 spiro atoms. The summed E-state index contributed by atoms with van der Waals surface area (Å²) in [5.41, 5.74) is 1.86. The van der Waals surface area contributed by atoms with Crippen LogP contribution >= 0.6 is 0 Å². The number of nitrogens with one attached hydrogen (secondary N) is 1. The van der Waals surface area contributed by atoms with Gasteiger partial charge in [0.05, 0.1) is 31.7 Å². The molecule has 6 heteroatoms. The lowest BCUT2D eigenvalue weighted by atomic mass is 9.95. The second-order valence-corrected chi connectivity index (χ2v) is 7.13. The molecule has 0 unspecified atom stereocenters. The van der Waals surface area contributed by atoms with Crippen molar-refractivity contribution in [2.75, 3.05) is 19.8 Å². The summed E-state index contributed by atoms with van der Waals surface area (Å²) >= 11 is 0. The summed E-state index contributed by atoms with van der Waals surface area (Å²) in [6.07, 6.45) is 0.350. The van der Waals surface area contributed by atoms with Crippen molar-refractivity contribution in [2.24, 2.45) is 5.92 Å². The SMILES string of the molecule is CCOc1ccc([C@H](NC(=O)COc2ccc(CC#N)cc2)C(C)C)cc1OCC. The van der Waals surface area contributed by atoms with Crippen molar-refractivity contribution in [3.05, 3.63) is 53.6 Å². The van der Waals surface area contributed by atoms with Crippen LogP contribution in [-0.4, -0.2) is 25.7 Å². The molecule has 0 aliphatic heterocycles. The minimum absolute atomic E-state index is 0.0871. The fourth-order valence-corrected chi connectivity index (χ4v) is 3.05. The fourth-order valence-electron chi connectivity index (χ4n) is 3.05. The molecule has 6 nitrogen and oxygen atoms in total. The second kappa shape index (κ2) is 11.7. The maximum Gasteiger partial charge on any atom is 0.258 e. The van der Waals surface area contributed by atoms with Crippen LogP contribution in [0.15, 0.2) is 42.5 Å². The van der Waals surface area contributed by atoms with Crippen LogP contribution in [0, 0.1) is 17.2 Å². The topological polar surface area (TPSA) is 80.6 Å². The minimum Gasteiger partial charge on any atom is -0.490 e. The van der Waals surface area contributed by atoms with Gasteiger partial charge in [-0.3, -0.25) is 4.79 Å². The molecule has 0 aliphatic carbocycles. The second-order valence-electron chi connectivity index (χ2n) is 7.13. The summed E-state index contributed by atoms with van der Waals surface area (Å²) in [7, 11) is 0. The van der Waals surface area contributed by atoms with Crippen molar-refractivity contribution < 1.29 is 19.0 Å². The van der Waals surface area contributed by atoms with Crippen LogP contribution in [0.3, 0.4) is 0 Å². The Morgan fingerprint density at radius 2 is 1.67 bits per heavy atom. The van der Waals surface area contributed by atoms with Crippen LogP contribution < -0.4 is 19.5 Å². The van der Waals surface area contributed by atoms with Crippen LogP contribution in [0.25, 0.3) is 0 Å². The zero-order chi connectivity index (χ0) is 21.9. The van der Waals surface area contributed by atoms with E-state index < -0.39 is 0 Å². The van der Waals surface area contributed by atoms with Crippen LogP contribution in [0.1, 0.15) is 44.9 Å². The van der Waals surface area contributed by atoms with E-state index in [2.05, 4.69) is 25.2 Å². The molecule has 0 heterocycles. The van der Waals surface area contributed by atoms with Gasteiger partial charge in [-0.05, 0) is 55.2 Å². The predicted octanol–water partition coefficient (Wildman–Crippen LogP) is 4.44. The van der Waals surface area contributed by atoms with Crippen molar-refractivity contribution >= 4 is 5.91 Å². The molecular weight excluding hydrogens is 380 g/mol. The molecule has 0 radical (unpaired) electrons. The highest BCUT2D eigenvalue weighted by atomic mass is 16.5. The number of carbonyl (C=O) groups excluding carboxylic acids is 1. The van der Waals surface area contributed by atoms with Gasteiger partial charge in [-0.1, -0.05) is 32.0 Å². The number of nitriles is 1. The Labute approximate surface area is 178 Å². The first-order chi connectivity index (χ1) is 14.5. The van der Waals surface area contributed by atoms with Crippen LogP contribution in [-0.2, 0) is 11.2 Å². The van der Waals surface area contributed by atoms with Crippen molar-refractivity contribution in [1.29, 1.82) is 5.26 Å². The van der Waals surface area contributed by atoms with E-state index in [1.54, 1.807) is 12.1 Å². The molecule has 1 atom stereocenters. The predicted molar refractivity (Wildman–Crippen MR) is 116 cm³/mol. The molecule has 0 aromatic heterocycles. The van der Waals surface area contributed by atoms with Gasteiger partial charge in [-0.25, -0.2) is 0 Å². The highest BCUT2D eigenvalue weighted by Crippen LogP contribution is 2.33. The molecule has 2 aromatic rings. The Kier molecular flexibility index (Phi) is 9.02. The molecule has 0 saturated carbocycles. The first kappa shape index (κ1) is 23.1. The van der Waals surface area contributed by atoms with Crippen LogP contribution in [0.5, 0.6) is 17.2 Å². The molecule has 0 aliphatic rings. The Hall–Kier alpha value is -3.20. The Balaban J connectivity index is 2.05. The van der Waals surface area contributed by atoms with Gasteiger partial charge in [0.2, 0.25) is 0 Å². The third-order valence-corrected chi connectivity index (χ3v) is 4.49. The molecular formula is C24H30N2O4. The van der Waals surface area contributed by atoms with E-state index in [-0.39, 0.29) is 24.5 Å². The zero-order valence-corrected chi connectivity index (χ0v) is 18.1. The Bertz CT molecular complexity index is 856. The quantitative estimate of drug-likeness (QED) is 0.592. The molecule has 1 N–H and O–H groups in total. The lowest BCUT2D eigenvalue weighted by Crippen LogP contribution is -2.35. The average Bonchev–Trinajstić information content (AvgIpc) is 2.73. The van der Waals surface area contributed by atoms with Gasteiger partial charge in [0.15, 0.2) is 18.1 Å². The summed E-state index contributed by atoms with van der Waals surface area (Å²) in [5, 5.41) is 11.8. The number of benzene rings is 2. The van der Waals surface area contributed by atoms with E-state index in [4.69, 9.17) is 19.5 Å². The first-order valence-electron chi connectivity index (χ1n) is 10.3. The van der Waals surface area contributed by atoms with Gasteiger partial charge >= 0.3 is 0 Å². The number of nitrogens with zero attached hydrogens (tertiary/aromatic N) is 1. The smallest absolute Gasteiger partial charge is 0.258 e. The third kappa shape index (κ3) is 6.70. The Morgan fingerprint density at radius 1 is 1.00 bits per heavy atom. The van der Waals surface area contributed by atoms with Crippen molar-refractivity contribution in [3.8, 4) is 23.3 Å². The van der Waals surface area contributed by atoms with E-state index in [9.17, 15) is 4.79 Å². The summed E-state index contributed by atoms with van der Waals surface area (Å²) < 4.78 is 16.9.